The molecule has 31 heavy (non-hydrogen) atoms. The number of carbonyl (C=O) groups excluding carboxylic acids is 2. The number of ether oxygens (including phenoxy) is 1. The number of rotatable bonds is 4. The molecule has 4 rings (SSSR count). The summed E-state index contributed by atoms with van der Waals surface area (Å²) in [6.07, 6.45) is 4.62. The van der Waals surface area contributed by atoms with Crippen LogP contribution in [-0.4, -0.2) is 47.1 Å². The van der Waals surface area contributed by atoms with Crippen LogP contribution in [0.2, 0.25) is 0 Å². The van der Waals surface area contributed by atoms with Gasteiger partial charge in [-0.3, -0.25) is 19.0 Å². The van der Waals surface area contributed by atoms with E-state index in [2.05, 4.69) is 5.32 Å². The van der Waals surface area contributed by atoms with Crippen molar-refractivity contribution in [2.24, 2.45) is 0 Å². The summed E-state index contributed by atoms with van der Waals surface area (Å²) in [5.41, 5.74) is 1.51. The number of carbonyl (C=O) groups is 2. The van der Waals surface area contributed by atoms with Crippen LogP contribution >= 0.6 is 0 Å². The zero-order valence-corrected chi connectivity index (χ0v) is 17.7. The van der Waals surface area contributed by atoms with Crippen LogP contribution < -0.4 is 10.9 Å². The van der Waals surface area contributed by atoms with Crippen molar-refractivity contribution < 1.29 is 18.7 Å². The second-order valence-corrected chi connectivity index (χ2v) is 8.14. The maximum atomic E-state index is 13.4. The fourth-order valence-electron chi connectivity index (χ4n) is 4.57. The van der Waals surface area contributed by atoms with Gasteiger partial charge in [0.05, 0.1) is 12.1 Å². The van der Waals surface area contributed by atoms with E-state index >= 15 is 0 Å². The van der Waals surface area contributed by atoms with Gasteiger partial charge in [-0.15, -0.1) is 0 Å². The van der Waals surface area contributed by atoms with E-state index in [1.165, 1.54) is 35.8 Å². The lowest BCUT2D eigenvalue weighted by Crippen LogP contribution is -2.45. The van der Waals surface area contributed by atoms with Gasteiger partial charge in [-0.05, 0) is 61.1 Å². The summed E-state index contributed by atoms with van der Waals surface area (Å²) in [5, 5.41) is 2.99. The third kappa shape index (κ3) is 4.12. The van der Waals surface area contributed by atoms with Crippen molar-refractivity contribution in [1.29, 1.82) is 0 Å². The summed E-state index contributed by atoms with van der Waals surface area (Å²) in [5.74, 6) is -0.907. The first-order chi connectivity index (χ1) is 14.9. The lowest BCUT2D eigenvalue weighted by atomic mass is 9.95. The third-order valence-electron chi connectivity index (χ3n) is 6.25. The van der Waals surface area contributed by atoms with Crippen molar-refractivity contribution in [1.82, 2.24) is 14.8 Å². The summed E-state index contributed by atoms with van der Waals surface area (Å²) in [7, 11) is 1.62. The fourth-order valence-corrected chi connectivity index (χ4v) is 4.57. The van der Waals surface area contributed by atoms with E-state index in [4.69, 9.17) is 4.74 Å². The number of amides is 2. The molecule has 1 aliphatic carbocycles. The molecule has 0 bridgehead atoms. The number of aromatic nitrogens is 1. The molecule has 8 heteroatoms. The Hall–Kier alpha value is -3.00. The van der Waals surface area contributed by atoms with Gasteiger partial charge in [-0.25, -0.2) is 4.39 Å². The second kappa shape index (κ2) is 8.63. The van der Waals surface area contributed by atoms with Crippen molar-refractivity contribution in [3.05, 3.63) is 63.3 Å². The number of halogens is 1. The van der Waals surface area contributed by atoms with Gasteiger partial charge < -0.3 is 15.0 Å². The predicted molar refractivity (Wildman–Crippen MR) is 113 cm³/mol. The zero-order chi connectivity index (χ0) is 22.1. The zero-order valence-electron chi connectivity index (χ0n) is 17.7. The van der Waals surface area contributed by atoms with Crippen molar-refractivity contribution in [2.75, 3.05) is 13.7 Å². The van der Waals surface area contributed by atoms with E-state index in [-0.39, 0.29) is 23.6 Å². The van der Waals surface area contributed by atoms with Crippen LogP contribution in [0.25, 0.3) is 5.69 Å². The minimum Gasteiger partial charge on any atom is -0.379 e. The number of nitrogens with zero attached hydrogens (tertiary/aromatic N) is 2. The largest absolute Gasteiger partial charge is 0.379 e. The third-order valence-corrected chi connectivity index (χ3v) is 6.25. The highest BCUT2D eigenvalue weighted by atomic mass is 19.1. The molecule has 0 saturated heterocycles. The van der Waals surface area contributed by atoms with Gasteiger partial charge in [0.2, 0.25) is 5.91 Å². The first-order valence-electron chi connectivity index (χ1n) is 10.5. The van der Waals surface area contributed by atoms with Crippen LogP contribution in [0, 0.1) is 5.82 Å². The standard InChI is InChI=1S/C23H26FN3O4/c1-14(28)26-11-10-18-15(12-26)13-27(17-8-6-16(24)7-9-17)23(30)21(18)22(29)25-19-4-3-5-20(19)31-2/h6-9,13,19-20H,3-5,10-12H2,1-2H3,(H,25,29)/t19-,20-/m1/s1. The Labute approximate surface area is 179 Å². The molecule has 1 aromatic heterocycles. The van der Waals surface area contributed by atoms with Gasteiger partial charge in [0.1, 0.15) is 11.4 Å². The van der Waals surface area contributed by atoms with Crippen LogP contribution in [0.4, 0.5) is 4.39 Å². The highest BCUT2D eigenvalue weighted by Crippen LogP contribution is 2.25. The summed E-state index contributed by atoms with van der Waals surface area (Å²) < 4.78 is 20.2. The molecule has 0 spiro atoms. The Bertz CT molecular complexity index is 1060. The minimum atomic E-state index is -0.453. The molecular formula is C23H26FN3O4. The highest BCUT2D eigenvalue weighted by molar-refractivity contribution is 5.96. The van der Waals surface area contributed by atoms with Crippen LogP contribution in [0.3, 0.4) is 0 Å². The Kier molecular flexibility index (Phi) is 5.91. The first kappa shape index (κ1) is 21.2. The van der Waals surface area contributed by atoms with Crippen molar-refractivity contribution >= 4 is 11.8 Å². The first-order valence-corrected chi connectivity index (χ1v) is 10.5. The quantitative estimate of drug-likeness (QED) is 0.811. The normalized spacial score (nSPS) is 20.4. The van der Waals surface area contributed by atoms with Crippen LogP contribution in [0.5, 0.6) is 0 Å². The molecular weight excluding hydrogens is 401 g/mol. The van der Waals surface area contributed by atoms with Crippen molar-refractivity contribution in [2.45, 2.75) is 51.3 Å². The molecule has 1 saturated carbocycles. The number of methoxy groups -OCH3 is 1. The lowest BCUT2D eigenvalue weighted by Gasteiger charge is -2.30. The van der Waals surface area contributed by atoms with Gasteiger partial charge >= 0.3 is 0 Å². The van der Waals surface area contributed by atoms with E-state index in [1.807, 2.05) is 0 Å². The number of benzene rings is 1. The average molecular weight is 427 g/mol. The van der Waals surface area contributed by atoms with Gasteiger partial charge in [0, 0.05) is 39.0 Å². The molecule has 1 N–H and O–H groups in total. The van der Waals surface area contributed by atoms with Crippen LogP contribution in [0.15, 0.2) is 35.3 Å². The molecule has 2 aliphatic rings. The topological polar surface area (TPSA) is 80.6 Å². The number of hydrogen-bond donors (Lipinski definition) is 1. The number of pyridine rings is 1. The smallest absolute Gasteiger partial charge is 0.268 e. The Balaban J connectivity index is 1.79. The monoisotopic (exact) mass is 427 g/mol. The van der Waals surface area contributed by atoms with Gasteiger partial charge in [0.15, 0.2) is 0 Å². The maximum Gasteiger partial charge on any atom is 0.268 e. The second-order valence-electron chi connectivity index (χ2n) is 8.14. The van der Waals surface area contributed by atoms with Gasteiger partial charge in [-0.2, -0.15) is 0 Å². The van der Waals surface area contributed by atoms with Crippen LogP contribution in [-0.2, 0) is 22.5 Å². The SMILES string of the molecule is CO[C@@H]1CCC[C@H]1NC(=O)c1c2c(cn(-c3ccc(F)cc3)c1=O)CN(C(C)=O)CC2. The van der Waals surface area contributed by atoms with Gasteiger partial charge in [0.25, 0.3) is 11.5 Å². The maximum absolute atomic E-state index is 13.4. The van der Waals surface area contributed by atoms with E-state index in [0.717, 1.165) is 24.8 Å². The minimum absolute atomic E-state index is 0.0647. The number of nitrogens with one attached hydrogen (secondary N) is 1. The van der Waals surface area contributed by atoms with Crippen molar-refractivity contribution in [3.8, 4) is 5.69 Å². The van der Waals surface area contributed by atoms with E-state index in [0.29, 0.717) is 30.8 Å². The van der Waals surface area contributed by atoms with E-state index < -0.39 is 17.3 Å². The van der Waals surface area contributed by atoms with E-state index in [1.54, 1.807) is 18.2 Å². The Morgan fingerprint density at radius 2 is 1.94 bits per heavy atom. The summed E-state index contributed by atoms with van der Waals surface area (Å²) >= 11 is 0. The molecule has 164 valence electrons. The average Bonchev–Trinajstić information content (AvgIpc) is 3.20. The molecule has 1 aliphatic heterocycles. The van der Waals surface area contributed by atoms with E-state index in [9.17, 15) is 18.8 Å². The molecule has 2 aromatic rings. The number of fused-ring (bicyclic) bond motifs is 1. The van der Waals surface area contributed by atoms with Gasteiger partial charge in [-0.1, -0.05) is 0 Å². The molecule has 1 fully saturated rings. The molecule has 2 atom stereocenters. The number of hydrogen-bond acceptors (Lipinski definition) is 4. The van der Waals surface area contributed by atoms with Crippen molar-refractivity contribution in [3.63, 3.8) is 0 Å². The van der Waals surface area contributed by atoms with Crippen LogP contribution in [0.1, 0.15) is 47.7 Å². The molecule has 2 heterocycles. The Morgan fingerprint density at radius 1 is 1.19 bits per heavy atom. The lowest BCUT2D eigenvalue weighted by molar-refractivity contribution is -0.129. The molecule has 0 unspecified atom stereocenters. The molecule has 1 aromatic carbocycles. The molecule has 2 amide bonds. The Morgan fingerprint density at radius 3 is 2.61 bits per heavy atom. The predicted octanol–water partition coefficient (Wildman–Crippen LogP) is 2.18. The summed E-state index contributed by atoms with van der Waals surface area (Å²) in [6.45, 7) is 2.27. The fraction of sp³-hybridized carbons (Fsp3) is 0.435. The highest BCUT2D eigenvalue weighted by Gasteiger charge is 2.32. The molecule has 0 radical (unpaired) electrons. The molecule has 7 nitrogen and oxygen atoms in total. The summed E-state index contributed by atoms with van der Waals surface area (Å²) in [6, 6.07) is 5.38. The summed E-state index contributed by atoms with van der Waals surface area (Å²) in [4.78, 5) is 40.3.